The van der Waals surface area contributed by atoms with Gasteiger partial charge in [-0.2, -0.15) is 0 Å². The minimum atomic E-state index is -4.17. The lowest BCUT2D eigenvalue weighted by Crippen LogP contribution is -2.52. The summed E-state index contributed by atoms with van der Waals surface area (Å²) in [5.74, 6) is -0.152. The number of carbonyl (C=O) groups is 2. The first kappa shape index (κ1) is 29.4. The Balaban J connectivity index is 1.68. The lowest BCUT2D eigenvalue weighted by atomic mass is 10.1. The predicted molar refractivity (Wildman–Crippen MR) is 156 cm³/mol. The van der Waals surface area contributed by atoms with Crippen molar-refractivity contribution >= 4 is 39.1 Å². The number of rotatable bonds is 11. The van der Waals surface area contributed by atoms with Crippen molar-refractivity contribution in [3.05, 3.63) is 89.4 Å². The first-order valence-electron chi connectivity index (χ1n) is 13.3. The molecule has 4 rings (SSSR count). The van der Waals surface area contributed by atoms with Crippen molar-refractivity contribution in [2.45, 2.75) is 56.1 Å². The van der Waals surface area contributed by atoms with Crippen molar-refractivity contribution in [3.63, 3.8) is 0 Å². The maximum atomic E-state index is 14.0. The van der Waals surface area contributed by atoms with Crippen LogP contribution in [0.25, 0.3) is 0 Å². The molecule has 1 aliphatic rings. The second-order valence-corrected chi connectivity index (χ2v) is 12.1. The summed E-state index contributed by atoms with van der Waals surface area (Å²) in [4.78, 5) is 28.7. The number of anilines is 1. The fourth-order valence-corrected chi connectivity index (χ4v) is 6.53. The highest BCUT2D eigenvalue weighted by atomic mass is 35.5. The smallest absolute Gasteiger partial charge is 0.264 e. The average molecular weight is 584 g/mol. The number of hydrogen-bond donors (Lipinski definition) is 1. The molecular weight excluding hydrogens is 550 g/mol. The number of methoxy groups -OCH3 is 1. The molecule has 0 unspecified atom stereocenters. The molecule has 2 amide bonds. The summed E-state index contributed by atoms with van der Waals surface area (Å²) in [6.07, 6.45) is 3.91. The van der Waals surface area contributed by atoms with E-state index in [2.05, 4.69) is 5.32 Å². The Labute approximate surface area is 240 Å². The second-order valence-electron chi connectivity index (χ2n) is 9.81. The van der Waals surface area contributed by atoms with Crippen LogP contribution in [-0.2, 0) is 26.2 Å². The fraction of sp³-hybridized carbons (Fsp3) is 0.333. The number of nitrogens with one attached hydrogen (secondary N) is 1. The molecule has 1 aliphatic carbocycles. The standard InChI is InChI=1S/C30H34ClN3O5S/c1-22(30(36)32-24-10-6-7-11-24)33(20-23-16-18-25(39-2)19-17-23)29(35)21-34(28-15-9-8-14-27(28)31)40(37,38)26-12-4-3-5-13-26/h3-5,8-9,12-19,22,24H,6-7,10-11,20-21H2,1-2H3,(H,32,36)/t22-/m0/s1. The molecule has 0 saturated heterocycles. The topological polar surface area (TPSA) is 96.0 Å². The van der Waals surface area contributed by atoms with E-state index < -0.39 is 28.5 Å². The Hall–Kier alpha value is -3.56. The van der Waals surface area contributed by atoms with Gasteiger partial charge in [0.05, 0.1) is 22.7 Å². The van der Waals surface area contributed by atoms with Gasteiger partial charge in [0, 0.05) is 12.6 Å². The van der Waals surface area contributed by atoms with E-state index in [0.29, 0.717) is 5.75 Å². The first-order chi connectivity index (χ1) is 19.2. The van der Waals surface area contributed by atoms with Crippen LogP contribution in [0.5, 0.6) is 5.75 Å². The predicted octanol–water partition coefficient (Wildman–Crippen LogP) is 5.02. The maximum absolute atomic E-state index is 14.0. The molecule has 1 atom stereocenters. The number of ether oxygens (including phenoxy) is 1. The van der Waals surface area contributed by atoms with Gasteiger partial charge in [-0.25, -0.2) is 8.42 Å². The first-order valence-corrected chi connectivity index (χ1v) is 15.1. The fourth-order valence-electron chi connectivity index (χ4n) is 4.79. The minimum absolute atomic E-state index is 0.0245. The quantitative estimate of drug-likeness (QED) is 0.342. The third kappa shape index (κ3) is 6.95. The molecule has 3 aromatic rings. The maximum Gasteiger partial charge on any atom is 0.264 e. The van der Waals surface area contributed by atoms with E-state index in [9.17, 15) is 18.0 Å². The number of nitrogens with zero attached hydrogens (tertiary/aromatic N) is 2. The number of carbonyl (C=O) groups excluding carboxylic acids is 2. The van der Waals surface area contributed by atoms with Crippen molar-refractivity contribution < 1.29 is 22.7 Å². The largest absolute Gasteiger partial charge is 0.497 e. The van der Waals surface area contributed by atoms with E-state index in [1.165, 1.54) is 17.0 Å². The molecule has 40 heavy (non-hydrogen) atoms. The van der Waals surface area contributed by atoms with E-state index in [-0.39, 0.29) is 34.1 Å². The highest BCUT2D eigenvalue weighted by molar-refractivity contribution is 7.92. The van der Waals surface area contributed by atoms with Crippen molar-refractivity contribution in [1.82, 2.24) is 10.2 Å². The van der Waals surface area contributed by atoms with Gasteiger partial charge < -0.3 is 15.0 Å². The van der Waals surface area contributed by atoms with Crippen molar-refractivity contribution in [2.75, 3.05) is 18.0 Å². The highest BCUT2D eigenvalue weighted by Crippen LogP contribution is 2.31. The summed E-state index contributed by atoms with van der Waals surface area (Å²) in [7, 11) is -2.60. The molecule has 0 bridgehead atoms. The molecule has 0 aromatic heterocycles. The molecule has 0 heterocycles. The zero-order valence-electron chi connectivity index (χ0n) is 22.6. The van der Waals surface area contributed by atoms with Crippen LogP contribution in [0, 0.1) is 0 Å². The molecule has 0 aliphatic heterocycles. The summed E-state index contributed by atoms with van der Waals surface area (Å²) in [6, 6.07) is 20.8. The highest BCUT2D eigenvalue weighted by Gasteiger charge is 2.34. The van der Waals surface area contributed by atoms with Gasteiger partial charge in [-0.05, 0) is 61.7 Å². The average Bonchev–Trinajstić information content (AvgIpc) is 3.48. The Kier molecular flexibility index (Phi) is 9.71. The Morgan fingerprint density at radius 1 is 0.975 bits per heavy atom. The van der Waals surface area contributed by atoms with Crippen LogP contribution in [0.2, 0.25) is 5.02 Å². The van der Waals surface area contributed by atoms with Crippen LogP contribution in [-0.4, -0.2) is 50.9 Å². The SMILES string of the molecule is COc1ccc(CN(C(=O)CN(c2ccccc2Cl)S(=O)(=O)c2ccccc2)[C@@H](C)C(=O)NC2CCCC2)cc1. The molecule has 212 valence electrons. The molecule has 10 heteroatoms. The summed E-state index contributed by atoms with van der Waals surface area (Å²) < 4.78 is 33.9. The summed E-state index contributed by atoms with van der Waals surface area (Å²) in [6.45, 7) is 1.22. The van der Waals surface area contributed by atoms with Crippen molar-refractivity contribution in [2.24, 2.45) is 0 Å². The molecule has 1 saturated carbocycles. The summed E-state index contributed by atoms with van der Waals surface area (Å²) >= 11 is 6.43. The van der Waals surface area contributed by atoms with Crippen molar-refractivity contribution in [3.8, 4) is 5.75 Å². The van der Waals surface area contributed by atoms with Crippen molar-refractivity contribution in [1.29, 1.82) is 0 Å². The van der Waals surface area contributed by atoms with Crippen LogP contribution in [0.1, 0.15) is 38.2 Å². The van der Waals surface area contributed by atoms with Crippen LogP contribution in [0.3, 0.4) is 0 Å². The van der Waals surface area contributed by atoms with E-state index in [4.69, 9.17) is 16.3 Å². The van der Waals surface area contributed by atoms with Gasteiger partial charge >= 0.3 is 0 Å². The van der Waals surface area contributed by atoms with Gasteiger partial charge in [-0.1, -0.05) is 66.9 Å². The third-order valence-electron chi connectivity index (χ3n) is 7.11. The lowest BCUT2D eigenvalue weighted by Gasteiger charge is -2.32. The molecular formula is C30H34ClN3O5S. The summed E-state index contributed by atoms with van der Waals surface area (Å²) in [5.41, 5.74) is 0.943. The Morgan fingerprint density at radius 2 is 1.60 bits per heavy atom. The van der Waals surface area contributed by atoms with Gasteiger partial charge in [0.1, 0.15) is 18.3 Å². The zero-order chi connectivity index (χ0) is 28.7. The van der Waals surface area contributed by atoms with Gasteiger partial charge in [0.15, 0.2) is 0 Å². The number of sulfonamides is 1. The van der Waals surface area contributed by atoms with Gasteiger partial charge in [0.25, 0.3) is 10.0 Å². The number of halogens is 1. The molecule has 0 radical (unpaired) electrons. The van der Waals surface area contributed by atoms with Crippen LogP contribution in [0.15, 0.2) is 83.8 Å². The van der Waals surface area contributed by atoms with E-state index >= 15 is 0 Å². The van der Waals surface area contributed by atoms with Gasteiger partial charge in [0.2, 0.25) is 11.8 Å². The third-order valence-corrected chi connectivity index (χ3v) is 9.21. The van der Waals surface area contributed by atoms with Crippen LogP contribution < -0.4 is 14.4 Å². The number of amides is 2. The molecule has 1 fully saturated rings. The molecule has 1 N–H and O–H groups in total. The van der Waals surface area contributed by atoms with Gasteiger partial charge in [-0.15, -0.1) is 0 Å². The molecule has 3 aromatic carbocycles. The molecule has 0 spiro atoms. The van der Waals surface area contributed by atoms with Crippen LogP contribution >= 0.6 is 11.6 Å². The molecule has 8 nitrogen and oxygen atoms in total. The number of benzene rings is 3. The summed E-state index contributed by atoms with van der Waals surface area (Å²) in [5, 5.41) is 3.25. The minimum Gasteiger partial charge on any atom is -0.497 e. The Bertz CT molecular complexity index is 1410. The number of para-hydroxylation sites is 1. The van der Waals surface area contributed by atoms with E-state index in [0.717, 1.165) is 35.6 Å². The van der Waals surface area contributed by atoms with Crippen LogP contribution in [0.4, 0.5) is 5.69 Å². The normalized spacial score (nSPS) is 14.4. The lowest BCUT2D eigenvalue weighted by molar-refractivity contribution is -0.139. The Morgan fingerprint density at radius 3 is 2.23 bits per heavy atom. The van der Waals surface area contributed by atoms with E-state index in [1.54, 1.807) is 68.6 Å². The van der Waals surface area contributed by atoms with E-state index in [1.807, 2.05) is 12.1 Å². The zero-order valence-corrected chi connectivity index (χ0v) is 24.2. The van der Waals surface area contributed by atoms with Gasteiger partial charge in [-0.3, -0.25) is 13.9 Å². The second kappa shape index (κ2) is 13.2. The number of hydrogen-bond acceptors (Lipinski definition) is 5. The monoisotopic (exact) mass is 583 g/mol.